The Morgan fingerprint density at radius 2 is 1.49 bits per heavy atom. The number of nitrogens with one attached hydrogen (secondary N) is 4. The van der Waals surface area contributed by atoms with Crippen LogP contribution in [0.1, 0.15) is 129 Å². The van der Waals surface area contributed by atoms with Gasteiger partial charge >= 0.3 is 5.97 Å². The summed E-state index contributed by atoms with van der Waals surface area (Å²) in [7, 11) is 3.47. The van der Waals surface area contributed by atoms with Crippen molar-refractivity contribution in [3.63, 3.8) is 0 Å². The van der Waals surface area contributed by atoms with Gasteiger partial charge in [0, 0.05) is 93.4 Å². The number of esters is 1. The fourth-order valence-electron chi connectivity index (χ4n) is 13.7. The van der Waals surface area contributed by atoms with Crippen LogP contribution in [0.15, 0.2) is 24.5 Å². The third kappa shape index (κ3) is 9.46. The monoisotopic (exact) mass is 822 g/mol. The summed E-state index contributed by atoms with van der Waals surface area (Å²) in [4.78, 5) is 27.6. The van der Waals surface area contributed by atoms with Crippen LogP contribution >= 0.6 is 0 Å². The lowest BCUT2D eigenvalue weighted by atomic mass is 9.76. The number of aromatic nitrogens is 1. The van der Waals surface area contributed by atoms with Gasteiger partial charge in [-0.1, -0.05) is 67.2 Å². The number of amides is 1. The highest BCUT2D eigenvalue weighted by atomic mass is 16.5. The quantitative estimate of drug-likeness (QED) is 0.0968. The molecule has 0 aromatic carbocycles. The number of fused-ring (bicyclic) bond motifs is 8. The molecular weight excluding hydrogens is 741 g/mol. The number of carbonyl (C=O) groups is 2. The summed E-state index contributed by atoms with van der Waals surface area (Å²) in [6.07, 6.45) is 14.6. The summed E-state index contributed by atoms with van der Waals surface area (Å²) in [5.41, 5.74) is 0.556. The van der Waals surface area contributed by atoms with Gasteiger partial charge in [0.2, 0.25) is 0 Å². The Kier molecular flexibility index (Phi) is 14.8. The van der Waals surface area contributed by atoms with E-state index in [1.165, 1.54) is 25.7 Å². The Labute approximate surface area is 356 Å². The lowest BCUT2D eigenvalue weighted by Crippen LogP contribution is -2.49. The zero-order chi connectivity index (χ0) is 42.1. The largest absolute Gasteiger partial charge is 0.405 e. The molecule has 5 aliphatic heterocycles. The van der Waals surface area contributed by atoms with Gasteiger partial charge in [-0.3, -0.25) is 9.59 Å². The van der Waals surface area contributed by atoms with Crippen molar-refractivity contribution in [3.8, 4) is 0 Å². The average Bonchev–Trinajstić information content (AvgIpc) is 3.97. The number of aliphatic hydroxyl groups is 1. The minimum atomic E-state index is -0.322. The van der Waals surface area contributed by atoms with E-state index >= 15 is 0 Å². The molecule has 5 N–H and O–H groups in total. The molecule has 1 aromatic rings. The summed E-state index contributed by atoms with van der Waals surface area (Å²) in [5.74, 6) is 3.42. The number of nitrogens with zero attached hydrogens (tertiary/aromatic N) is 2. The average molecular weight is 822 g/mol. The Balaban J connectivity index is 1.11. The minimum absolute atomic E-state index is 0.0719. The first-order chi connectivity index (χ1) is 28.3. The highest BCUT2D eigenvalue weighted by molar-refractivity contribution is 5.93. The second-order valence-electron chi connectivity index (χ2n) is 20.5. The van der Waals surface area contributed by atoms with E-state index in [9.17, 15) is 14.7 Å². The molecule has 1 saturated carbocycles. The molecule has 7 rings (SSSR count). The Morgan fingerprint density at radius 1 is 0.831 bits per heavy atom. The molecule has 8 bridgehead atoms. The topological polar surface area (TPSA) is 128 Å². The van der Waals surface area contributed by atoms with E-state index in [4.69, 9.17) is 9.47 Å². The van der Waals surface area contributed by atoms with Crippen LogP contribution in [-0.2, 0) is 21.0 Å². The van der Waals surface area contributed by atoms with E-state index in [-0.39, 0.29) is 60.7 Å². The van der Waals surface area contributed by atoms with Crippen LogP contribution in [0.25, 0.3) is 0 Å². The number of hydrogen-bond acceptors (Lipinski definition) is 9. The van der Waals surface area contributed by atoms with Crippen molar-refractivity contribution in [1.82, 2.24) is 26.2 Å². The zero-order valence-corrected chi connectivity index (χ0v) is 37.9. The predicted molar refractivity (Wildman–Crippen MR) is 231 cm³/mol. The van der Waals surface area contributed by atoms with E-state index < -0.39 is 0 Å². The molecule has 1 amide bonds. The van der Waals surface area contributed by atoms with Crippen molar-refractivity contribution in [2.45, 2.75) is 186 Å². The van der Waals surface area contributed by atoms with Gasteiger partial charge in [0.15, 0.2) is 12.4 Å². The van der Waals surface area contributed by atoms with Gasteiger partial charge in [0.1, 0.15) is 5.56 Å². The molecule has 59 heavy (non-hydrogen) atoms. The maximum Gasteiger partial charge on any atom is 0.310 e. The highest BCUT2D eigenvalue weighted by Gasteiger charge is 2.58. The third-order valence-electron chi connectivity index (χ3n) is 17.0. The van der Waals surface area contributed by atoms with Crippen LogP contribution in [0.4, 0.5) is 0 Å². The third-order valence-corrected chi connectivity index (χ3v) is 17.0. The van der Waals surface area contributed by atoms with Crippen LogP contribution in [0, 0.1) is 53.3 Å². The van der Waals surface area contributed by atoms with Crippen molar-refractivity contribution in [1.29, 1.82) is 0 Å². The van der Waals surface area contributed by atoms with Gasteiger partial charge in [-0.25, -0.2) is 0 Å². The van der Waals surface area contributed by atoms with Crippen molar-refractivity contribution >= 4 is 11.9 Å². The molecule has 1 aliphatic carbocycles. The van der Waals surface area contributed by atoms with Gasteiger partial charge < -0.3 is 40.7 Å². The van der Waals surface area contributed by atoms with Crippen LogP contribution in [0.3, 0.4) is 0 Å². The van der Waals surface area contributed by atoms with Crippen LogP contribution in [0.2, 0.25) is 0 Å². The molecular formula is C48H81N6O5+. The van der Waals surface area contributed by atoms with E-state index in [0.717, 1.165) is 45.1 Å². The van der Waals surface area contributed by atoms with Gasteiger partial charge in [-0.05, 0) is 92.9 Å². The summed E-state index contributed by atoms with van der Waals surface area (Å²) < 4.78 is 14.3. The van der Waals surface area contributed by atoms with E-state index in [1.807, 2.05) is 12.3 Å². The number of ether oxygens (including phenoxy) is 2. The first-order valence-corrected chi connectivity index (χ1v) is 24.0. The molecule has 332 valence electrons. The van der Waals surface area contributed by atoms with Crippen LogP contribution in [-0.4, -0.2) is 103 Å². The summed E-state index contributed by atoms with van der Waals surface area (Å²) in [6.45, 7) is 17.7. The standard InChI is InChI=1S/C48H81N6O5/c1-10-12-13-14-20-58-31(7)44-29(5)38-22-37-28(4)34(17-18-43(56)59-26-54-19-15-16-32(25-54)48(57)53(8)9)46(51-37)35-21-42(55)45-30(6)39(52-47(35)45)23-40-33(11-2)27(3)36(49-40)24-41(44)50-38/h15-16,19,25,27-31,33-42,44-47,49-52,55H,10-14,17-18,20-24,26H2,1-9H3/q+1/t27?,28?,29?,30?,31?,33?,34-,35?,36?,37?,38?,39?,40?,41?,42?,44?,45?,46?,47?/m0/s1. The van der Waals surface area contributed by atoms with Gasteiger partial charge in [0.05, 0.1) is 12.2 Å². The van der Waals surface area contributed by atoms with Crippen LogP contribution in [0.5, 0.6) is 0 Å². The number of unbranched alkanes of at least 4 members (excludes halogenated alkanes) is 3. The van der Waals surface area contributed by atoms with Crippen molar-refractivity contribution < 1.29 is 28.7 Å². The number of rotatable bonds is 14. The summed E-state index contributed by atoms with van der Waals surface area (Å²) in [6, 6.07) is 6.40. The molecule has 0 spiro atoms. The Bertz CT molecular complexity index is 1560. The summed E-state index contributed by atoms with van der Waals surface area (Å²) >= 11 is 0. The number of pyridine rings is 1. The molecule has 0 radical (unpaired) electrons. The first kappa shape index (κ1) is 44.9. The second kappa shape index (κ2) is 19.5. The van der Waals surface area contributed by atoms with Crippen molar-refractivity contribution in [3.05, 3.63) is 30.1 Å². The molecule has 5 saturated heterocycles. The smallest absolute Gasteiger partial charge is 0.310 e. The lowest BCUT2D eigenvalue weighted by Gasteiger charge is -2.32. The maximum atomic E-state index is 13.5. The molecule has 19 atom stereocenters. The van der Waals surface area contributed by atoms with E-state index in [0.29, 0.717) is 83.7 Å². The maximum absolute atomic E-state index is 13.5. The molecule has 6 fully saturated rings. The number of aliphatic hydroxyl groups excluding tert-OH is 1. The minimum Gasteiger partial charge on any atom is -0.405 e. The fourth-order valence-corrected chi connectivity index (χ4v) is 13.7. The van der Waals surface area contributed by atoms with E-state index in [1.54, 1.807) is 35.8 Å². The van der Waals surface area contributed by atoms with Gasteiger partial charge in [-0.15, -0.1) is 0 Å². The molecule has 6 aliphatic rings. The van der Waals surface area contributed by atoms with Gasteiger partial charge in [0.25, 0.3) is 12.6 Å². The Hall–Kier alpha value is -2.15. The number of hydrogen-bond donors (Lipinski definition) is 5. The highest BCUT2D eigenvalue weighted by Crippen LogP contribution is 2.50. The number of carbonyl (C=O) groups excluding carboxylic acids is 2. The molecule has 6 heterocycles. The summed E-state index contributed by atoms with van der Waals surface area (Å²) in [5, 5.41) is 28.8. The lowest BCUT2D eigenvalue weighted by molar-refractivity contribution is -0.727. The zero-order valence-electron chi connectivity index (χ0n) is 37.9. The van der Waals surface area contributed by atoms with E-state index in [2.05, 4.69) is 69.7 Å². The molecule has 11 nitrogen and oxygen atoms in total. The SMILES string of the molecule is CCCCCCOC(C)C1C2CC3NC(CC4NC5C(CC(O)C5C4C)C4NC(CC(N2)C1C)C(C)[C@@H]4CCC(=O)OC[n+]1cccc(C(=O)N(C)C)c1)C(CC)C3C. The van der Waals surface area contributed by atoms with Crippen molar-refractivity contribution in [2.75, 3.05) is 20.7 Å². The first-order valence-electron chi connectivity index (χ1n) is 24.0. The predicted octanol–water partition coefficient (Wildman–Crippen LogP) is 5.29. The molecule has 18 unspecified atom stereocenters. The van der Waals surface area contributed by atoms with Crippen molar-refractivity contribution in [2.24, 2.45) is 53.3 Å². The van der Waals surface area contributed by atoms with Gasteiger partial charge in [-0.2, -0.15) is 4.57 Å². The molecule has 11 heteroatoms. The molecule has 1 aromatic heterocycles. The second-order valence-corrected chi connectivity index (χ2v) is 20.5. The normalized spacial score (nSPS) is 41.9. The Morgan fingerprint density at radius 3 is 2.24 bits per heavy atom. The fraction of sp³-hybridized carbons (Fsp3) is 0.854. The van der Waals surface area contributed by atoms with Crippen LogP contribution < -0.4 is 25.8 Å².